The molecule has 2 aromatic carbocycles. The third-order valence-corrected chi connectivity index (χ3v) is 4.80. The van der Waals surface area contributed by atoms with E-state index in [9.17, 15) is 9.59 Å². The van der Waals surface area contributed by atoms with E-state index in [4.69, 9.17) is 4.74 Å². The number of piperazine rings is 1. The first-order valence-corrected chi connectivity index (χ1v) is 9.81. The molecule has 1 fully saturated rings. The summed E-state index contributed by atoms with van der Waals surface area (Å²) in [7, 11) is 3.37. The Kier molecular flexibility index (Phi) is 9.57. The number of benzene rings is 2. The first-order chi connectivity index (χ1) is 14.6. The molecule has 8 nitrogen and oxygen atoms in total. The molecule has 0 radical (unpaired) electrons. The van der Waals surface area contributed by atoms with Crippen LogP contribution < -0.4 is 20.7 Å². The lowest BCUT2D eigenvalue weighted by Crippen LogP contribution is -2.49. The highest BCUT2D eigenvalue weighted by Crippen LogP contribution is 2.12. The van der Waals surface area contributed by atoms with E-state index in [1.807, 2.05) is 36.4 Å². The number of rotatable bonds is 6. The third-order valence-electron chi connectivity index (χ3n) is 4.80. The molecule has 0 saturated carbocycles. The molecule has 0 spiro atoms. The van der Waals surface area contributed by atoms with Crippen molar-refractivity contribution in [1.29, 1.82) is 0 Å². The van der Waals surface area contributed by atoms with Crippen molar-refractivity contribution in [1.82, 2.24) is 20.9 Å². The largest absolute Gasteiger partial charge is 0.497 e. The molecule has 166 valence electrons. The van der Waals surface area contributed by atoms with Gasteiger partial charge in [0.25, 0.3) is 5.91 Å². The Morgan fingerprint density at radius 3 is 2.48 bits per heavy atom. The monoisotopic (exact) mass is 537 g/mol. The van der Waals surface area contributed by atoms with Crippen LogP contribution in [0.3, 0.4) is 0 Å². The molecule has 0 bridgehead atoms. The molecule has 2 aromatic rings. The number of carbonyl (C=O) groups is 2. The van der Waals surface area contributed by atoms with Gasteiger partial charge in [0.1, 0.15) is 5.75 Å². The lowest BCUT2D eigenvalue weighted by Gasteiger charge is -2.26. The topological polar surface area (TPSA) is 95.1 Å². The van der Waals surface area contributed by atoms with Crippen LogP contribution in [0.2, 0.25) is 0 Å². The maximum atomic E-state index is 12.5. The summed E-state index contributed by atoms with van der Waals surface area (Å²) in [4.78, 5) is 29.8. The minimum Gasteiger partial charge on any atom is -0.497 e. The van der Waals surface area contributed by atoms with Crippen LogP contribution in [0, 0.1) is 0 Å². The molecule has 9 heteroatoms. The van der Waals surface area contributed by atoms with Gasteiger partial charge in [0.15, 0.2) is 5.96 Å². The van der Waals surface area contributed by atoms with Crippen molar-refractivity contribution in [3.63, 3.8) is 0 Å². The van der Waals surface area contributed by atoms with Gasteiger partial charge in [-0.15, -0.1) is 24.0 Å². The lowest BCUT2D eigenvalue weighted by atomic mass is 10.1. The number of amides is 2. The second-order valence-corrected chi connectivity index (χ2v) is 6.90. The van der Waals surface area contributed by atoms with Crippen molar-refractivity contribution >= 4 is 41.8 Å². The average molecular weight is 537 g/mol. The number of halogens is 1. The summed E-state index contributed by atoms with van der Waals surface area (Å²) >= 11 is 0. The Morgan fingerprint density at radius 2 is 1.84 bits per heavy atom. The normalized spacial score (nSPS) is 13.7. The number of nitrogens with zero attached hydrogens (tertiary/aromatic N) is 2. The molecule has 31 heavy (non-hydrogen) atoms. The molecule has 1 aliphatic rings. The van der Waals surface area contributed by atoms with E-state index >= 15 is 0 Å². The van der Waals surface area contributed by atoms with Gasteiger partial charge >= 0.3 is 0 Å². The van der Waals surface area contributed by atoms with Crippen LogP contribution in [0.1, 0.15) is 21.5 Å². The first kappa shape index (κ1) is 24.4. The number of hydrogen-bond acceptors (Lipinski definition) is 4. The predicted molar refractivity (Wildman–Crippen MR) is 131 cm³/mol. The van der Waals surface area contributed by atoms with Crippen LogP contribution in [0.15, 0.2) is 53.5 Å². The van der Waals surface area contributed by atoms with Gasteiger partial charge in [-0.2, -0.15) is 0 Å². The molecular weight excluding hydrogens is 509 g/mol. The predicted octanol–water partition coefficient (Wildman–Crippen LogP) is 1.75. The average Bonchev–Trinajstić information content (AvgIpc) is 2.79. The van der Waals surface area contributed by atoms with Crippen LogP contribution >= 0.6 is 24.0 Å². The number of aliphatic imine (C=N–C) groups is 1. The summed E-state index contributed by atoms with van der Waals surface area (Å²) in [6.45, 7) is 2.32. The Labute approximate surface area is 199 Å². The summed E-state index contributed by atoms with van der Waals surface area (Å²) in [6.07, 6.45) is 0. The minimum absolute atomic E-state index is 0. The Balaban J connectivity index is 0.00000341. The van der Waals surface area contributed by atoms with Crippen LogP contribution in [0.5, 0.6) is 5.75 Å². The van der Waals surface area contributed by atoms with Crippen LogP contribution in [-0.4, -0.2) is 56.5 Å². The lowest BCUT2D eigenvalue weighted by molar-refractivity contribution is -0.123. The van der Waals surface area contributed by atoms with Crippen LogP contribution in [-0.2, 0) is 17.9 Å². The van der Waals surface area contributed by atoms with Gasteiger partial charge in [-0.25, -0.2) is 0 Å². The van der Waals surface area contributed by atoms with E-state index in [1.54, 1.807) is 31.2 Å². The highest BCUT2D eigenvalue weighted by Gasteiger charge is 2.22. The van der Waals surface area contributed by atoms with Crippen molar-refractivity contribution in [2.45, 2.75) is 13.1 Å². The fraction of sp³-hybridized carbons (Fsp3) is 0.318. The van der Waals surface area contributed by atoms with Gasteiger partial charge in [-0.05, 0) is 35.4 Å². The smallest absolute Gasteiger partial charge is 0.254 e. The van der Waals surface area contributed by atoms with Crippen molar-refractivity contribution < 1.29 is 14.3 Å². The molecule has 3 rings (SSSR count). The van der Waals surface area contributed by atoms with Crippen molar-refractivity contribution in [3.05, 3.63) is 65.2 Å². The summed E-state index contributed by atoms with van der Waals surface area (Å²) in [6, 6.07) is 15.2. The van der Waals surface area contributed by atoms with E-state index in [2.05, 4.69) is 20.9 Å². The molecule has 1 saturated heterocycles. The van der Waals surface area contributed by atoms with Gasteiger partial charge in [0, 0.05) is 38.8 Å². The van der Waals surface area contributed by atoms with E-state index in [1.165, 1.54) is 0 Å². The number of methoxy groups -OCH3 is 1. The molecule has 2 amide bonds. The van der Waals surface area contributed by atoms with Crippen LogP contribution in [0.25, 0.3) is 0 Å². The van der Waals surface area contributed by atoms with Gasteiger partial charge < -0.3 is 25.6 Å². The maximum Gasteiger partial charge on any atom is 0.254 e. The zero-order valence-corrected chi connectivity index (χ0v) is 20.0. The molecule has 1 aliphatic heterocycles. The van der Waals surface area contributed by atoms with Crippen molar-refractivity contribution in [3.8, 4) is 5.75 Å². The summed E-state index contributed by atoms with van der Waals surface area (Å²) in [5.74, 6) is 1.25. The summed E-state index contributed by atoms with van der Waals surface area (Å²) in [5.41, 5.74) is 2.69. The molecule has 1 heterocycles. The molecule has 0 aliphatic carbocycles. The number of hydrogen-bond donors (Lipinski definition) is 3. The second-order valence-electron chi connectivity index (χ2n) is 6.90. The van der Waals surface area contributed by atoms with Gasteiger partial charge in [-0.1, -0.05) is 24.3 Å². The number of ether oxygens (including phenoxy) is 1. The molecule has 0 atom stereocenters. The number of guanidine groups is 1. The highest BCUT2D eigenvalue weighted by molar-refractivity contribution is 14.0. The molecule has 3 N–H and O–H groups in total. The first-order valence-electron chi connectivity index (χ1n) is 9.81. The second kappa shape index (κ2) is 12.1. The number of nitrogens with one attached hydrogen (secondary N) is 3. The van der Waals surface area contributed by atoms with Crippen molar-refractivity contribution in [2.24, 2.45) is 4.99 Å². The Bertz CT molecular complexity index is 918. The summed E-state index contributed by atoms with van der Waals surface area (Å²) < 4.78 is 5.24. The minimum atomic E-state index is -0.125. The van der Waals surface area contributed by atoms with Gasteiger partial charge in [0.2, 0.25) is 5.91 Å². The molecule has 0 unspecified atom stereocenters. The van der Waals surface area contributed by atoms with E-state index < -0.39 is 0 Å². The highest BCUT2D eigenvalue weighted by atomic mass is 127. The Morgan fingerprint density at radius 1 is 1.13 bits per heavy atom. The summed E-state index contributed by atoms with van der Waals surface area (Å²) in [5, 5.41) is 9.25. The van der Waals surface area contributed by atoms with Crippen molar-refractivity contribution in [2.75, 3.05) is 33.8 Å². The number of carbonyl (C=O) groups excluding carboxylic acids is 2. The van der Waals surface area contributed by atoms with Gasteiger partial charge in [-0.3, -0.25) is 14.6 Å². The molecular formula is C22H28IN5O3. The fourth-order valence-corrected chi connectivity index (χ4v) is 3.13. The zero-order valence-electron chi connectivity index (χ0n) is 17.7. The van der Waals surface area contributed by atoms with Crippen LogP contribution in [0.4, 0.5) is 0 Å². The fourth-order valence-electron chi connectivity index (χ4n) is 3.13. The molecule has 0 aromatic heterocycles. The van der Waals surface area contributed by atoms with E-state index in [0.717, 1.165) is 16.9 Å². The standard InChI is InChI=1S/C22H27N5O3.HI/c1-23-22(26-14-17-4-3-5-19(12-17)30-2)25-13-16-6-8-18(9-7-16)21(29)27-11-10-24-20(28)15-27;/h3-9,12H,10-11,13-15H2,1-2H3,(H,24,28)(H2,23,25,26);1H. The van der Waals surface area contributed by atoms with E-state index in [-0.39, 0.29) is 42.3 Å². The van der Waals surface area contributed by atoms with E-state index in [0.29, 0.717) is 37.7 Å². The Hall–Kier alpha value is -2.82. The third kappa shape index (κ3) is 7.12. The quantitative estimate of drug-likeness (QED) is 0.297. The van der Waals surface area contributed by atoms with Gasteiger partial charge in [0.05, 0.1) is 13.7 Å². The zero-order chi connectivity index (χ0) is 21.3. The maximum absolute atomic E-state index is 12.5. The SMILES string of the molecule is CN=C(NCc1ccc(C(=O)N2CCNC(=O)C2)cc1)NCc1cccc(OC)c1.I.